The predicted octanol–water partition coefficient (Wildman–Crippen LogP) is 2.24. The third kappa shape index (κ3) is 1.95. The molecule has 1 aromatic carbocycles. The third-order valence-corrected chi connectivity index (χ3v) is 4.05. The molecule has 3 rings (SSSR count). The second kappa shape index (κ2) is 4.57. The molecule has 2 heterocycles. The molecule has 0 aliphatic carbocycles. The molecule has 2 unspecified atom stereocenters. The van der Waals surface area contributed by atoms with Gasteiger partial charge in [-0.25, -0.2) is 0 Å². The van der Waals surface area contributed by atoms with Crippen molar-refractivity contribution in [1.82, 2.24) is 4.90 Å². The van der Waals surface area contributed by atoms with Gasteiger partial charge in [0.15, 0.2) is 0 Å². The van der Waals surface area contributed by atoms with Crippen molar-refractivity contribution in [1.29, 1.82) is 0 Å². The zero-order valence-electron chi connectivity index (χ0n) is 10.2. The fourth-order valence-corrected chi connectivity index (χ4v) is 3.21. The summed E-state index contributed by atoms with van der Waals surface area (Å²) in [6.45, 7) is 2.29. The average Bonchev–Trinajstić information content (AvgIpc) is 2.94. The van der Waals surface area contributed by atoms with Crippen LogP contribution < -0.4 is 5.32 Å². The number of rotatable bonds is 3. The van der Waals surface area contributed by atoms with Gasteiger partial charge in [-0.3, -0.25) is 15.0 Å². The fourth-order valence-electron chi connectivity index (χ4n) is 3.21. The van der Waals surface area contributed by atoms with E-state index in [-0.39, 0.29) is 10.6 Å². The monoisotopic (exact) mass is 247 g/mol. The summed E-state index contributed by atoms with van der Waals surface area (Å²) in [5.41, 5.74) is 0.829. The first-order valence-electron chi connectivity index (χ1n) is 6.50. The lowest BCUT2D eigenvalue weighted by Crippen LogP contribution is -2.33. The molecule has 96 valence electrons. The summed E-state index contributed by atoms with van der Waals surface area (Å²) in [6.07, 6.45) is 3.54. The van der Waals surface area contributed by atoms with Crippen LogP contribution in [0, 0.1) is 10.1 Å². The quantitative estimate of drug-likeness (QED) is 0.657. The summed E-state index contributed by atoms with van der Waals surface area (Å²) < 4.78 is 0. The number of hydrogen-bond acceptors (Lipinski definition) is 4. The van der Waals surface area contributed by atoms with Gasteiger partial charge >= 0.3 is 0 Å². The number of hydrogen-bond donors (Lipinski definition) is 1. The van der Waals surface area contributed by atoms with E-state index in [4.69, 9.17) is 0 Å². The molecular formula is C13H17N3O2. The topological polar surface area (TPSA) is 58.4 Å². The van der Waals surface area contributed by atoms with Crippen molar-refractivity contribution in [2.45, 2.75) is 31.3 Å². The number of nitro groups is 1. The lowest BCUT2D eigenvalue weighted by atomic mass is 10.1. The summed E-state index contributed by atoms with van der Waals surface area (Å²) in [5.74, 6) is 0. The van der Waals surface area contributed by atoms with Crippen LogP contribution in [0.15, 0.2) is 24.3 Å². The van der Waals surface area contributed by atoms with Gasteiger partial charge in [0.05, 0.1) is 4.92 Å². The number of nitrogens with one attached hydrogen (secondary N) is 1. The number of nitrogens with zero attached hydrogens (tertiary/aromatic N) is 2. The highest BCUT2D eigenvalue weighted by atomic mass is 16.6. The first-order chi connectivity index (χ1) is 8.75. The minimum atomic E-state index is -0.316. The highest BCUT2D eigenvalue weighted by Gasteiger charge is 2.37. The standard InChI is InChI=1S/C13H17N3O2/c17-16(18)13-5-2-1-4-10(13)14-11-7-9-15-8-3-6-12(11)15/h1-2,4-5,11-12,14H,3,6-9H2. The Morgan fingerprint density at radius 1 is 1.28 bits per heavy atom. The Morgan fingerprint density at radius 2 is 2.11 bits per heavy atom. The van der Waals surface area contributed by atoms with E-state index in [0.29, 0.717) is 17.8 Å². The first kappa shape index (κ1) is 11.5. The zero-order valence-corrected chi connectivity index (χ0v) is 10.2. The van der Waals surface area contributed by atoms with Crippen molar-refractivity contribution >= 4 is 11.4 Å². The molecule has 0 spiro atoms. The Hall–Kier alpha value is -1.62. The van der Waals surface area contributed by atoms with Crippen LogP contribution in [-0.2, 0) is 0 Å². The van der Waals surface area contributed by atoms with Crippen LogP contribution in [0.25, 0.3) is 0 Å². The smallest absolute Gasteiger partial charge is 0.292 e. The molecule has 0 aromatic heterocycles. The number of anilines is 1. The largest absolute Gasteiger partial charge is 0.375 e. The van der Waals surface area contributed by atoms with Gasteiger partial charge in [0.25, 0.3) is 5.69 Å². The highest BCUT2D eigenvalue weighted by Crippen LogP contribution is 2.32. The van der Waals surface area contributed by atoms with Crippen LogP contribution in [-0.4, -0.2) is 35.0 Å². The van der Waals surface area contributed by atoms with E-state index in [1.165, 1.54) is 19.4 Å². The van der Waals surface area contributed by atoms with E-state index >= 15 is 0 Å². The number of nitro benzene ring substituents is 1. The van der Waals surface area contributed by atoms with Gasteiger partial charge < -0.3 is 5.32 Å². The second-order valence-electron chi connectivity index (χ2n) is 5.06. The Balaban J connectivity index is 1.78. The van der Waals surface area contributed by atoms with E-state index in [0.717, 1.165) is 13.0 Å². The summed E-state index contributed by atoms with van der Waals surface area (Å²) in [7, 11) is 0. The molecule has 1 N–H and O–H groups in total. The summed E-state index contributed by atoms with van der Waals surface area (Å²) in [4.78, 5) is 13.2. The van der Waals surface area contributed by atoms with E-state index in [2.05, 4.69) is 10.2 Å². The number of fused-ring (bicyclic) bond motifs is 1. The summed E-state index contributed by atoms with van der Waals surface area (Å²) in [6, 6.07) is 7.83. The van der Waals surface area contributed by atoms with Crippen LogP contribution in [0.2, 0.25) is 0 Å². The number of benzene rings is 1. The molecule has 2 aliphatic heterocycles. The minimum absolute atomic E-state index is 0.175. The van der Waals surface area contributed by atoms with Crippen molar-refractivity contribution < 1.29 is 4.92 Å². The van der Waals surface area contributed by atoms with Gasteiger partial charge in [0.1, 0.15) is 5.69 Å². The minimum Gasteiger partial charge on any atom is -0.375 e. The molecule has 18 heavy (non-hydrogen) atoms. The van der Waals surface area contributed by atoms with Gasteiger partial charge in [0, 0.05) is 24.7 Å². The van der Waals surface area contributed by atoms with Gasteiger partial charge in [-0.15, -0.1) is 0 Å². The summed E-state index contributed by atoms with van der Waals surface area (Å²) >= 11 is 0. The maximum Gasteiger partial charge on any atom is 0.292 e. The predicted molar refractivity (Wildman–Crippen MR) is 69.7 cm³/mol. The van der Waals surface area contributed by atoms with Crippen LogP contribution in [0.4, 0.5) is 11.4 Å². The van der Waals surface area contributed by atoms with Gasteiger partial charge in [-0.2, -0.15) is 0 Å². The van der Waals surface area contributed by atoms with Crippen LogP contribution in [0.3, 0.4) is 0 Å². The van der Waals surface area contributed by atoms with Crippen molar-refractivity contribution in [3.8, 4) is 0 Å². The zero-order chi connectivity index (χ0) is 12.5. The molecule has 0 saturated carbocycles. The van der Waals surface area contributed by atoms with Crippen molar-refractivity contribution in [2.24, 2.45) is 0 Å². The summed E-state index contributed by atoms with van der Waals surface area (Å²) in [5, 5.41) is 14.4. The molecule has 2 fully saturated rings. The normalized spacial score (nSPS) is 27.1. The molecule has 0 bridgehead atoms. The Kier molecular flexibility index (Phi) is 2.91. The fraction of sp³-hybridized carbons (Fsp3) is 0.538. The van der Waals surface area contributed by atoms with E-state index < -0.39 is 0 Å². The Bertz CT molecular complexity index is 463. The Labute approximate surface area is 106 Å². The SMILES string of the molecule is O=[N+]([O-])c1ccccc1NC1CCN2CCCC12. The van der Waals surface area contributed by atoms with E-state index in [9.17, 15) is 10.1 Å². The third-order valence-electron chi connectivity index (χ3n) is 4.05. The highest BCUT2D eigenvalue weighted by molar-refractivity contribution is 5.61. The molecule has 5 nitrogen and oxygen atoms in total. The van der Waals surface area contributed by atoms with Crippen LogP contribution in [0.1, 0.15) is 19.3 Å². The maximum atomic E-state index is 11.0. The van der Waals surface area contributed by atoms with E-state index in [1.807, 2.05) is 6.07 Å². The van der Waals surface area contributed by atoms with E-state index in [1.54, 1.807) is 18.2 Å². The molecular weight excluding hydrogens is 230 g/mol. The first-order valence-corrected chi connectivity index (χ1v) is 6.50. The van der Waals surface area contributed by atoms with Gasteiger partial charge in [0.2, 0.25) is 0 Å². The van der Waals surface area contributed by atoms with Gasteiger partial charge in [-0.05, 0) is 31.9 Å². The molecule has 2 aliphatic rings. The van der Waals surface area contributed by atoms with Crippen molar-refractivity contribution in [3.63, 3.8) is 0 Å². The molecule has 2 atom stereocenters. The van der Waals surface area contributed by atoms with Gasteiger partial charge in [-0.1, -0.05) is 12.1 Å². The second-order valence-corrected chi connectivity index (χ2v) is 5.06. The number of para-hydroxylation sites is 2. The van der Waals surface area contributed by atoms with Crippen molar-refractivity contribution in [3.05, 3.63) is 34.4 Å². The molecule has 1 aromatic rings. The Morgan fingerprint density at radius 3 is 2.94 bits per heavy atom. The molecule has 2 saturated heterocycles. The maximum absolute atomic E-state index is 11.0. The molecule has 5 heteroatoms. The average molecular weight is 247 g/mol. The lowest BCUT2D eigenvalue weighted by molar-refractivity contribution is -0.384. The van der Waals surface area contributed by atoms with Crippen molar-refractivity contribution in [2.75, 3.05) is 18.4 Å². The molecule has 0 amide bonds. The van der Waals surface area contributed by atoms with Crippen LogP contribution >= 0.6 is 0 Å². The molecule has 0 radical (unpaired) electrons. The lowest BCUT2D eigenvalue weighted by Gasteiger charge is -2.22. The van der Waals surface area contributed by atoms with Crippen LogP contribution in [0.5, 0.6) is 0 Å².